The molecule has 0 aromatic rings. The van der Waals surface area contributed by atoms with Gasteiger partial charge in [-0.05, 0) is 5.41 Å². The Bertz CT molecular complexity index is 117. The molecule has 1 saturated heterocycles. The van der Waals surface area contributed by atoms with Crippen LogP contribution in [0.4, 0.5) is 0 Å². The average Bonchev–Trinajstić information content (AvgIpc) is 1.85. The smallest absolute Gasteiger partial charge is 0.0108 e. The van der Waals surface area contributed by atoms with Crippen molar-refractivity contribution in [3.63, 3.8) is 0 Å². The Morgan fingerprint density at radius 3 is 1.92 bits per heavy atom. The van der Waals surface area contributed by atoms with E-state index in [-0.39, 0.29) is 24.8 Å². The van der Waals surface area contributed by atoms with Crippen molar-refractivity contribution in [1.29, 1.82) is 0 Å². The zero-order chi connectivity index (χ0) is 8.32. The van der Waals surface area contributed by atoms with E-state index in [1.54, 1.807) is 0 Å². The zero-order valence-electron chi connectivity index (χ0n) is 8.80. The molecule has 1 rings (SSSR count). The van der Waals surface area contributed by atoms with Crippen molar-refractivity contribution >= 4 is 24.8 Å². The summed E-state index contributed by atoms with van der Waals surface area (Å²) in [4.78, 5) is 2.54. The molecule has 0 spiro atoms. The highest BCUT2D eigenvalue weighted by Gasteiger charge is 2.17. The maximum absolute atomic E-state index is 3.36. The second kappa shape index (κ2) is 6.88. The molecule has 0 aliphatic carbocycles. The molecule has 4 heteroatoms. The highest BCUT2D eigenvalue weighted by molar-refractivity contribution is 5.85. The fraction of sp³-hybridized carbons (Fsp3) is 1.00. The van der Waals surface area contributed by atoms with Gasteiger partial charge in [0.15, 0.2) is 0 Å². The molecule has 0 unspecified atom stereocenters. The minimum atomic E-state index is 0. The SMILES string of the molecule is CC(C)(C)CN1CCNCC1.Cl.Cl. The highest BCUT2D eigenvalue weighted by atomic mass is 35.5. The van der Waals surface area contributed by atoms with Crippen molar-refractivity contribution < 1.29 is 0 Å². The Labute approximate surface area is 94.3 Å². The summed E-state index contributed by atoms with van der Waals surface area (Å²) in [5.41, 5.74) is 0.456. The van der Waals surface area contributed by atoms with Crippen LogP contribution in [-0.2, 0) is 0 Å². The summed E-state index contributed by atoms with van der Waals surface area (Å²) in [5.74, 6) is 0. The minimum absolute atomic E-state index is 0. The molecule has 82 valence electrons. The molecule has 1 aliphatic heterocycles. The van der Waals surface area contributed by atoms with Crippen LogP contribution in [-0.4, -0.2) is 37.6 Å². The highest BCUT2D eigenvalue weighted by Crippen LogP contribution is 2.14. The van der Waals surface area contributed by atoms with Crippen LogP contribution < -0.4 is 5.32 Å². The van der Waals surface area contributed by atoms with Crippen molar-refractivity contribution in [3.05, 3.63) is 0 Å². The van der Waals surface area contributed by atoms with E-state index in [0.717, 1.165) is 13.1 Å². The fourth-order valence-electron chi connectivity index (χ4n) is 1.54. The van der Waals surface area contributed by atoms with Crippen molar-refractivity contribution in [2.24, 2.45) is 5.41 Å². The molecule has 0 bridgehead atoms. The molecule has 2 nitrogen and oxygen atoms in total. The molecule has 1 heterocycles. The van der Waals surface area contributed by atoms with Crippen LogP contribution in [0, 0.1) is 5.41 Å². The topological polar surface area (TPSA) is 15.3 Å². The molecule has 0 atom stereocenters. The Morgan fingerprint density at radius 1 is 1.08 bits per heavy atom. The van der Waals surface area contributed by atoms with Crippen LogP contribution in [0.25, 0.3) is 0 Å². The monoisotopic (exact) mass is 228 g/mol. The zero-order valence-corrected chi connectivity index (χ0v) is 10.4. The fourth-order valence-corrected chi connectivity index (χ4v) is 1.54. The van der Waals surface area contributed by atoms with Gasteiger partial charge in [-0.15, -0.1) is 24.8 Å². The molecule has 1 N–H and O–H groups in total. The van der Waals surface area contributed by atoms with Crippen LogP contribution in [0.5, 0.6) is 0 Å². The second-order valence-electron chi connectivity index (χ2n) is 4.59. The van der Waals surface area contributed by atoms with Gasteiger partial charge in [-0.3, -0.25) is 0 Å². The van der Waals surface area contributed by atoms with Crippen molar-refractivity contribution in [3.8, 4) is 0 Å². The molecule has 0 radical (unpaired) electrons. The standard InChI is InChI=1S/C9H20N2.2ClH/c1-9(2,3)8-11-6-4-10-5-7-11;;/h10H,4-8H2,1-3H3;2*1H. The molecule has 0 amide bonds. The number of halogens is 2. The lowest BCUT2D eigenvalue weighted by molar-refractivity contribution is 0.172. The Morgan fingerprint density at radius 2 is 1.54 bits per heavy atom. The molecule has 0 aromatic heterocycles. The number of hydrogen-bond acceptors (Lipinski definition) is 2. The van der Waals surface area contributed by atoms with E-state index >= 15 is 0 Å². The summed E-state index contributed by atoms with van der Waals surface area (Å²) in [6.07, 6.45) is 0. The third kappa shape index (κ3) is 7.56. The van der Waals surface area contributed by atoms with Gasteiger partial charge in [-0.1, -0.05) is 20.8 Å². The molecule has 13 heavy (non-hydrogen) atoms. The number of nitrogens with one attached hydrogen (secondary N) is 1. The van der Waals surface area contributed by atoms with Gasteiger partial charge in [0.1, 0.15) is 0 Å². The van der Waals surface area contributed by atoms with E-state index in [2.05, 4.69) is 31.0 Å². The van der Waals surface area contributed by atoms with Gasteiger partial charge in [-0.2, -0.15) is 0 Å². The lowest BCUT2D eigenvalue weighted by Crippen LogP contribution is -2.46. The molecule has 1 fully saturated rings. The average molecular weight is 229 g/mol. The normalized spacial score (nSPS) is 18.7. The minimum Gasteiger partial charge on any atom is -0.314 e. The van der Waals surface area contributed by atoms with Gasteiger partial charge >= 0.3 is 0 Å². The Kier molecular flexibility index (Phi) is 8.44. The van der Waals surface area contributed by atoms with Crippen molar-refractivity contribution in [2.75, 3.05) is 32.7 Å². The van der Waals surface area contributed by atoms with Gasteiger partial charge in [0.25, 0.3) is 0 Å². The van der Waals surface area contributed by atoms with Gasteiger partial charge < -0.3 is 10.2 Å². The number of rotatable bonds is 1. The van der Waals surface area contributed by atoms with Crippen LogP contribution in [0.3, 0.4) is 0 Å². The first-order chi connectivity index (χ1) is 5.08. The Balaban J connectivity index is 0. The van der Waals surface area contributed by atoms with E-state index in [1.165, 1.54) is 19.6 Å². The Hall–Kier alpha value is 0.500. The maximum atomic E-state index is 3.36. The molecule has 0 saturated carbocycles. The van der Waals surface area contributed by atoms with E-state index in [9.17, 15) is 0 Å². The summed E-state index contributed by atoms with van der Waals surface area (Å²) < 4.78 is 0. The summed E-state index contributed by atoms with van der Waals surface area (Å²) in [7, 11) is 0. The van der Waals surface area contributed by atoms with Gasteiger partial charge in [0, 0.05) is 32.7 Å². The first kappa shape index (κ1) is 15.9. The number of piperazine rings is 1. The van der Waals surface area contributed by atoms with Gasteiger partial charge in [0.05, 0.1) is 0 Å². The quantitative estimate of drug-likeness (QED) is 0.737. The van der Waals surface area contributed by atoms with E-state index in [4.69, 9.17) is 0 Å². The predicted octanol–water partition coefficient (Wildman–Crippen LogP) is 1.78. The van der Waals surface area contributed by atoms with Gasteiger partial charge in [0.2, 0.25) is 0 Å². The third-order valence-electron chi connectivity index (χ3n) is 1.91. The first-order valence-electron chi connectivity index (χ1n) is 4.51. The van der Waals surface area contributed by atoms with Gasteiger partial charge in [-0.25, -0.2) is 0 Å². The lowest BCUT2D eigenvalue weighted by atomic mass is 9.96. The molecule has 1 aliphatic rings. The van der Waals surface area contributed by atoms with E-state index < -0.39 is 0 Å². The summed E-state index contributed by atoms with van der Waals surface area (Å²) >= 11 is 0. The lowest BCUT2D eigenvalue weighted by Gasteiger charge is -2.32. The molecular weight excluding hydrogens is 207 g/mol. The third-order valence-corrected chi connectivity index (χ3v) is 1.91. The predicted molar refractivity (Wildman–Crippen MR) is 63.3 cm³/mol. The summed E-state index contributed by atoms with van der Waals surface area (Å²) in [6, 6.07) is 0. The number of hydrogen-bond donors (Lipinski definition) is 1. The van der Waals surface area contributed by atoms with Crippen molar-refractivity contribution in [1.82, 2.24) is 10.2 Å². The summed E-state index contributed by atoms with van der Waals surface area (Å²) in [6.45, 7) is 12.9. The molecular formula is C9H22Cl2N2. The van der Waals surface area contributed by atoms with Crippen LogP contribution in [0.1, 0.15) is 20.8 Å². The van der Waals surface area contributed by atoms with Crippen LogP contribution >= 0.6 is 24.8 Å². The van der Waals surface area contributed by atoms with Crippen LogP contribution in [0.15, 0.2) is 0 Å². The van der Waals surface area contributed by atoms with E-state index in [1.807, 2.05) is 0 Å². The number of nitrogens with zero attached hydrogens (tertiary/aromatic N) is 1. The second-order valence-corrected chi connectivity index (χ2v) is 4.59. The van der Waals surface area contributed by atoms with Crippen LogP contribution in [0.2, 0.25) is 0 Å². The first-order valence-corrected chi connectivity index (χ1v) is 4.51. The maximum Gasteiger partial charge on any atom is 0.0108 e. The largest absolute Gasteiger partial charge is 0.314 e. The van der Waals surface area contributed by atoms with E-state index in [0.29, 0.717) is 5.41 Å². The molecule has 0 aromatic carbocycles. The van der Waals surface area contributed by atoms with Crippen molar-refractivity contribution in [2.45, 2.75) is 20.8 Å². The summed E-state index contributed by atoms with van der Waals surface area (Å²) in [5, 5.41) is 3.36.